The lowest BCUT2D eigenvalue weighted by atomic mass is 9.84. The van der Waals surface area contributed by atoms with Gasteiger partial charge in [0.2, 0.25) is 0 Å². The summed E-state index contributed by atoms with van der Waals surface area (Å²) in [4.78, 5) is 42.9. The predicted molar refractivity (Wildman–Crippen MR) is 133 cm³/mol. The zero-order chi connectivity index (χ0) is 27.9. The largest absolute Gasteiger partial charge is 0.467 e. The van der Waals surface area contributed by atoms with Gasteiger partial charge in [-0.25, -0.2) is 14.4 Å². The van der Waals surface area contributed by atoms with Crippen molar-refractivity contribution >= 4 is 18.2 Å². The number of aliphatic hydroxyl groups is 1. The Labute approximate surface area is 214 Å². The van der Waals surface area contributed by atoms with E-state index in [2.05, 4.69) is 0 Å². The number of esters is 1. The molecule has 2 saturated heterocycles. The zero-order valence-electron chi connectivity index (χ0n) is 23.6. The third-order valence-corrected chi connectivity index (χ3v) is 6.20. The molecule has 0 spiro atoms. The highest BCUT2D eigenvalue weighted by atomic mass is 16.6. The molecule has 1 N–H and O–H groups in total. The van der Waals surface area contributed by atoms with Gasteiger partial charge in [-0.2, -0.15) is 0 Å². The van der Waals surface area contributed by atoms with E-state index in [1.807, 2.05) is 19.9 Å². The fourth-order valence-corrected chi connectivity index (χ4v) is 4.90. The Balaban J connectivity index is 2.64. The van der Waals surface area contributed by atoms with Crippen molar-refractivity contribution in [3.63, 3.8) is 0 Å². The van der Waals surface area contributed by atoms with Crippen LogP contribution < -0.4 is 0 Å². The number of allylic oxidation sites excluding steroid dienone is 1. The maximum atomic E-state index is 13.6. The van der Waals surface area contributed by atoms with Gasteiger partial charge in [-0.3, -0.25) is 9.80 Å². The van der Waals surface area contributed by atoms with Gasteiger partial charge >= 0.3 is 18.2 Å². The third-order valence-electron chi connectivity index (χ3n) is 6.20. The molecule has 0 aromatic heterocycles. The lowest BCUT2D eigenvalue weighted by Gasteiger charge is -2.45. The number of carbonyl (C=O) groups is 3. The summed E-state index contributed by atoms with van der Waals surface area (Å²) in [7, 11) is 1.21. The average molecular weight is 513 g/mol. The van der Waals surface area contributed by atoms with Gasteiger partial charge in [-0.15, -0.1) is 0 Å². The van der Waals surface area contributed by atoms with E-state index in [9.17, 15) is 19.5 Å². The van der Waals surface area contributed by atoms with Crippen LogP contribution in [-0.4, -0.2) is 87.4 Å². The Morgan fingerprint density at radius 3 is 1.94 bits per heavy atom. The molecular formula is C26H44N2O8. The maximum Gasteiger partial charge on any atom is 0.412 e. The summed E-state index contributed by atoms with van der Waals surface area (Å²) in [6.45, 7) is 17.5. The molecule has 0 unspecified atom stereocenters. The number of hydrogen-bond acceptors (Lipinski definition) is 8. The van der Waals surface area contributed by atoms with Crippen LogP contribution in [0.2, 0.25) is 0 Å². The van der Waals surface area contributed by atoms with E-state index in [0.717, 1.165) is 5.57 Å². The first-order valence-corrected chi connectivity index (χ1v) is 12.4. The van der Waals surface area contributed by atoms with Crippen LogP contribution in [0.15, 0.2) is 11.6 Å². The minimum atomic E-state index is -1.82. The van der Waals surface area contributed by atoms with Gasteiger partial charge in [-0.05, 0) is 82.1 Å². The average Bonchev–Trinajstić information content (AvgIpc) is 3.21. The molecule has 36 heavy (non-hydrogen) atoms. The van der Waals surface area contributed by atoms with Gasteiger partial charge in [-0.1, -0.05) is 11.6 Å². The van der Waals surface area contributed by atoms with Gasteiger partial charge < -0.3 is 24.1 Å². The van der Waals surface area contributed by atoms with Crippen molar-refractivity contribution in [3.05, 3.63) is 11.6 Å². The van der Waals surface area contributed by atoms with Crippen molar-refractivity contribution in [2.45, 2.75) is 123 Å². The fourth-order valence-electron chi connectivity index (χ4n) is 4.90. The van der Waals surface area contributed by atoms with Gasteiger partial charge in [0, 0.05) is 0 Å². The number of rotatable bonds is 4. The number of aliphatic hydroxyl groups excluding tert-OH is 1. The number of methoxy groups -OCH3 is 1. The van der Waals surface area contributed by atoms with Gasteiger partial charge in [0.1, 0.15) is 23.0 Å². The molecule has 2 fully saturated rings. The molecule has 2 rings (SSSR count). The SMILES string of the molecule is COC(=O)[C@]1([C@H](O)[C@H]2COC(C)(C)N2C(=O)OC(C)(C)C)CC[C@H](C=C(C)C)N1C(=O)OC(C)(C)C. The van der Waals surface area contributed by atoms with E-state index in [4.69, 9.17) is 18.9 Å². The Morgan fingerprint density at radius 2 is 1.50 bits per heavy atom. The highest BCUT2D eigenvalue weighted by molar-refractivity contribution is 5.88. The molecule has 206 valence electrons. The van der Waals surface area contributed by atoms with Crippen molar-refractivity contribution in [1.82, 2.24) is 9.80 Å². The molecule has 2 aliphatic rings. The second-order valence-corrected chi connectivity index (χ2v) is 12.2. The Morgan fingerprint density at radius 1 is 1.00 bits per heavy atom. The summed E-state index contributed by atoms with van der Waals surface area (Å²) in [5.74, 6) is -0.792. The molecule has 10 heteroatoms. The van der Waals surface area contributed by atoms with Crippen LogP contribution in [-0.2, 0) is 23.7 Å². The van der Waals surface area contributed by atoms with E-state index in [1.165, 1.54) is 16.9 Å². The smallest absolute Gasteiger partial charge is 0.412 e. The maximum absolute atomic E-state index is 13.6. The van der Waals surface area contributed by atoms with E-state index in [1.54, 1.807) is 55.4 Å². The van der Waals surface area contributed by atoms with Crippen molar-refractivity contribution in [1.29, 1.82) is 0 Å². The second kappa shape index (κ2) is 10.2. The first-order chi connectivity index (χ1) is 16.3. The van der Waals surface area contributed by atoms with Crippen LogP contribution in [0.3, 0.4) is 0 Å². The summed E-state index contributed by atoms with van der Waals surface area (Å²) in [6.07, 6.45) is -0.650. The summed E-state index contributed by atoms with van der Waals surface area (Å²) < 4.78 is 22.3. The van der Waals surface area contributed by atoms with Crippen LogP contribution in [0.4, 0.5) is 9.59 Å². The summed E-state index contributed by atoms with van der Waals surface area (Å²) in [5.41, 5.74) is -3.65. The molecule has 0 aromatic rings. The molecule has 0 radical (unpaired) electrons. The minimum absolute atomic E-state index is 0.0678. The number of hydrogen-bond donors (Lipinski definition) is 1. The lowest BCUT2D eigenvalue weighted by Crippen LogP contribution is -2.68. The zero-order valence-corrected chi connectivity index (χ0v) is 23.6. The predicted octanol–water partition coefficient (Wildman–Crippen LogP) is 4.00. The number of nitrogens with zero attached hydrogens (tertiary/aromatic N) is 2. The first kappa shape index (κ1) is 29.9. The quantitative estimate of drug-likeness (QED) is 0.342. The van der Waals surface area contributed by atoms with Crippen LogP contribution in [0.1, 0.15) is 82.1 Å². The summed E-state index contributed by atoms with van der Waals surface area (Å²) in [5, 5.41) is 11.9. The monoisotopic (exact) mass is 512 g/mol. The standard InChI is InChI=1S/C26H44N2O8/c1-16(2)14-17-12-13-26(20(30)33-11,27(17)21(31)35-23(3,4)5)19(29)18-15-34-25(9,10)28(18)22(32)36-24(6,7)8/h14,17-19,29H,12-13,15H2,1-11H3/t17-,18-,19-,26-/m1/s1. The molecular weight excluding hydrogens is 468 g/mol. The Hall–Kier alpha value is -2.33. The number of amides is 2. The molecule has 0 bridgehead atoms. The summed E-state index contributed by atoms with van der Waals surface area (Å²) >= 11 is 0. The normalized spacial score (nSPS) is 26.9. The molecule has 2 heterocycles. The first-order valence-electron chi connectivity index (χ1n) is 12.4. The molecule has 0 saturated carbocycles. The molecule has 2 amide bonds. The fraction of sp³-hybridized carbons (Fsp3) is 0.808. The molecule has 2 aliphatic heterocycles. The highest BCUT2D eigenvalue weighted by Crippen LogP contribution is 2.44. The Bertz CT molecular complexity index is 881. The van der Waals surface area contributed by atoms with E-state index in [-0.39, 0.29) is 13.0 Å². The van der Waals surface area contributed by atoms with E-state index < -0.39 is 58.8 Å². The van der Waals surface area contributed by atoms with Crippen molar-refractivity contribution in [2.24, 2.45) is 0 Å². The van der Waals surface area contributed by atoms with Crippen LogP contribution in [0, 0.1) is 0 Å². The topological polar surface area (TPSA) is 115 Å². The van der Waals surface area contributed by atoms with Crippen molar-refractivity contribution in [3.8, 4) is 0 Å². The Kier molecular flexibility index (Phi) is 8.47. The third kappa shape index (κ3) is 6.14. The summed E-state index contributed by atoms with van der Waals surface area (Å²) in [6, 6.07) is -1.52. The molecule has 0 aromatic carbocycles. The molecule has 4 atom stereocenters. The minimum Gasteiger partial charge on any atom is -0.467 e. The van der Waals surface area contributed by atoms with Gasteiger partial charge in [0.25, 0.3) is 0 Å². The van der Waals surface area contributed by atoms with Gasteiger partial charge in [0.15, 0.2) is 5.54 Å². The lowest BCUT2D eigenvalue weighted by molar-refractivity contribution is -0.165. The van der Waals surface area contributed by atoms with E-state index in [0.29, 0.717) is 6.42 Å². The number of carbonyl (C=O) groups excluding carboxylic acids is 3. The molecule has 10 nitrogen and oxygen atoms in total. The number of likely N-dealkylation sites (tertiary alicyclic amines) is 1. The van der Waals surface area contributed by atoms with Crippen LogP contribution >= 0.6 is 0 Å². The highest BCUT2D eigenvalue weighted by Gasteiger charge is 2.64. The number of ether oxygens (including phenoxy) is 4. The van der Waals surface area contributed by atoms with Crippen LogP contribution in [0.5, 0.6) is 0 Å². The van der Waals surface area contributed by atoms with Crippen molar-refractivity contribution in [2.75, 3.05) is 13.7 Å². The second-order valence-electron chi connectivity index (χ2n) is 12.2. The molecule has 0 aliphatic carbocycles. The van der Waals surface area contributed by atoms with Crippen LogP contribution in [0.25, 0.3) is 0 Å². The van der Waals surface area contributed by atoms with Crippen molar-refractivity contribution < 1.29 is 38.4 Å². The van der Waals surface area contributed by atoms with E-state index >= 15 is 0 Å². The van der Waals surface area contributed by atoms with Gasteiger partial charge in [0.05, 0.1) is 25.8 Å².